The zero-order valence-corrected chi connectivity index (χ0v) is 73.3. The highest BCUT2D eigenvalue weighted by atomic mass is 15.2. The van der Waals surface area contributed by atoms with E-state index in [9.17, 15) is 0 Å². The van der Waals surface area contributed by atoms with Crippen molar-refractivity contribution in [1.82, 2.24) is 13.7 Å². The van der Waals surface area contributed by atoms with Crippen molar-refractivity contribution < 1.29 is 0 Å². The van der Waals surface area contributed by atoms with Gasteiger partial charge in [-0.1, -0.05) is 247 Å². The second-order valence-corrected chi connectivity index (χ2v) is 36.9. The normalized spacial score (nSPS) is 13.6. The molecule has 0 aliphatic carbocycles. The van der Waals surface area contributed by atoms with Gasteiger partial charge in [-0.3, -0.25) is 0 Å². The molecule has 9 nitrogen and oxygen atoms in total. The summed E-state index contributed by atoms with van der Waals surface area (Å²) in [5.74, 6) is 0. The van der Waals surface area contributed by atoms with Gasteiger partial charge < -0.3 is 43.5 Å². The molecule has 27 rings (SSSR count). The minimum absolute atomic E-state index is 0.209. The molecule has 0 saturated carbocycles. The summed E-state index contributed by atoms with van der Waals surface area (Å²) in [4.78, 5) is 13.3. The van der Waals surface area contributed by atoms with Crippen LogP contribution in [-0.4, -0.2) is 33.8 Å². The molecule has 608 valence electrons. The van der Waals surface area contributed by atoms with Crippen LogP contribution in [0.1, 0.15) is 50.1 Å². The number of aromatic nitrogens is 3. The van der Waals surface area contributed by atoms with Crippen LogP contribution in [0.4, 0.5) is 96.7 Å². The van der Waals surface area contributed by atoms with Crippen LogP contribution in [0.15, 0.2) is 352 Å². The Labute approximate surface area is 751 Å². The molecule has 0 bridgehead atoms. The first-order valence-corrected chi connectivity index (χ1v) is 45.4. The molecule has 6 aliphatic rings. The van der Waals surface area contributed by atoms with Gasteiger partial charge in [-0.05, 0) is 266 Å². The Kier molecular flexibility index (Phi) is 15.5. The maximum absolute atomic E-state index is 4.44. The molecule has 129 heavy (non-hydrogen) atoms. The van der Waals surface area contributed by atoms with E-state index in [0.717, 1.165) is 130 Å². The highest BCUT2D eigenvalue weighted by molar-refractivity contribution is 7.04. The van der Waals surface area contributed by atoms with Crippen LogP contribution in [0.3, 0.4) is 0 Å². The van der Waals surface area contributed by atoms with Gasteiger partial charge in [0.15, 0.2) is 0 Å². The monoisotopic (exact) mass is 1650 g/mol. The van der Waals surface area contributed by atoms with E-state index in [-0.39, 0.29) is 20.1 Å². The van der Waals surface area contributed by atoms with Crippen LogP contribution in [0.2, 0.25) is 0 Å². The fraction of sp³-hybridized carbons (Fsp3) is 0.0769. The maximum atomic E-state index is 4.44. The summed E-state index contributed by atoms with van der Waals surface area (Å²) in [6, 6.07) is 135. The molecule has 0 radical (unpaired) electrons. The number of aryl methyl sites for hydroxylation is 9. The summed E-state index contributed by atoms with van der Waals surface area (Å²) < 4.78 is 7.60. The highest BCUT2D eigenvalue weighted by Crippen LogP contribution is 2.55. The number of hydrogen-bond donors (Lipinski definition) is 1. The number of anilines is 17. The van der Waals surface area contributed by atoms with E-state index in [2.05, 4.69) is 458 Å². The zero-order valence-electron chi connectivity index (χ0n) is 73.3. The van der Waals surface area contributed by atoms with E-state index in [0.29, 0.717) is 0 Å². The topological polar surface area (TPSA) is 43.0 Å². The Balaban J connectivity index is 0.803. The number of rotatable bonds is 8. The lowest BCUT2D eigenvalue weighted by Crippen LogP contribution is -2.66. The molecule has 1 N–H and O–H groups in total. The molecule has 3 aromatic heterocycles. The van der Waals surface area contributed by atoms with Gasteiger partial charge in [0, 0.05) is 112 Å². The molecule has 0 unspecified atom stereocenters. The average Bonchev–Trinajstić information content (AvgIpc) is 0.926. The Bertz CT molecular complexity index is 8320. The van der Waals surface area contributed by atoms with Crippen molar-refractivity contribution in [1.29, 1.82) is 0 Å². The first-order chi connectivity index (χ1) is 63.2. The second-order valence-electron chi connectivity index (χ2n) is 36.9. The van der Waals surface area contributed by atoms with Crippen molar-refractivity contribution in [3.8, 4) is 17.1 Å². The molecule has 0 spiro atoms. The van der Waals surface area contributed by atoms with Crippen molar-refractivity contribution in [2.75, 3.05) is 29.8 Å². The predicted octanol–water partition coefficient (Wildman–Crippen LogP) is 24.3. The van der Waals surface area contributed by atoms with Crippen LogP contribution in [0, 0.1) is 62.3 Å². The molecular formula is C117H86B3N9. The Hall–Kier alpha value is -15.6. The van der Waals surface area contributed by atoms with Crippen LogP contribution in [0.5, 0.6) is 0 Å². The Morgan fingerprint density at radius 1 is 0.186 bits per heavy atom. The minimum Gasteiger partial charge on any atom is -0.356 e. The zero-order chi connectivity index (χ0) is 85.9. The van der Waals surface area contributed by atoms with Crippen LogP contribution in [-0.2, 0) is 0 Å². The molecule has 9 heterocycles. The number of benzene rings is 18. The van der Waals surface area contributed by atoms with Crippen LogP contribution >= 0.6 is 0 Å². The highest BCUT2D eigenvalue weighted by Gasteiger charge is 2.52. The van der Waals surface area contributed by atoms with E-state index < -0.39 is 0 Å². The van der Waals surface area contributed by atoms with Gasteiger partial charge in [0.1, 0.15) is 0 Å². The molecule has 0 amide bonds. The standard InChI is InChI=1S/C117H86B3N9/c1-68-52-71(4)115(72(5)53-68)127-104-66-94-90(118-88-42-22-30-50-102(88)122(77-32-12-10-13-33-77)107-59-79(58-95(121-94)112(107)118)124-96-44-24-16-36-82(96)83-37-17-25-45-97(83)124)64-91(104)120-93-65-92-105(67-106(93)129(117-75(8)56-70(3)57-76(117)9)111-63-81(62-110(127)114(111)120)126-100-48-28-20-40-86(100)87-41-21-29-49-101(87)126)128(116-73(6)54-69(2)55-74(116)7)109-61-80(125-98-46-26-18-38-84(98)85-39-19-27-47-99(85)125)60-108-113(109)119(92)89-43-23-31-51-103(89)123(108)78-34-14-11-15-35-78/h10-67,121H,1-9H3. The van der Waals surface area contributed by atoms with Gasteiger partial charge in [0.25, 0.3) is 20.1 Å². The number of nitrogens with one attached hydrogen (secondary N) is 1. The molecular weight excluding hydrogens is 1560 g/mol. The van der Waals surface area contributed by atoms with Crippen molar-refractivity contribution in [3.05, 3.63) is 402 Å². The first-order valence-electron chi connectivity index (χ1n) is 45.4. The molecule has 12 heteroatoms. The SMILES string of the molecule is Cc1cc(C)c(N2c3cc4c(cc3B3c5ccccc5N(c5ccccc5)c5cc(-n6c7ccccc7c7ccccc76)cc2c53)B2c3cc5c(cc3N(c3c(C)cc(C)cc3C)c3cc(-n6c7ccccc7c7ccccc76)cc(c32)N4c2c(C)cc(C)cc2C)Nc2cc(-n3c4ccccc4c4ccccc43)cc3c2B5c2ccccc2N3c2ccccc2)c(C)c1. The second kappa shape index (κ2) is 27.2. The van der Waals surface area contributed by atoms with Gasteiger partial charge in [-0.2, -0.15) is 0 Å². The summed E-state index contributed by atoms with van der Waals surface area (Å²) >= 11 is 0. The Morgan fingerprint density at radius 3 is 0.814 bits per heavy atom. The molecule has 18 aromatic carbocycles. The first kappa shape index (κ1) is 73.7. The largest absolute Gasteiger partial charge is 0.356 e. The van der Waals surface area contributed by atoms with Crippen LogP contribution in [0.25, 0.3) is 82.5 Å². The third kappa shape index (κ3) is 10.3. The van der Waals surface area contributed by atoms with E-state index in [1.807, 2.05) is 0 Å². The smallest absolute Gasteiger partial charge is 0.252 e. The van der Waals surface area contributed by atoms with Crippen molar-refractivity contribution in [3.63, 3.8) is 0 Å². The summed E-state index contributed by atoms with van der Waals surface area (Å²) in [5.41, 5.74) is 51.7. The van der Waals surface area contributed by atoms with Crippen LogP contribution < -0.4 is 79.0 Å². The van der Waals surface area contributed by atoms with Crippen molar-refractivity contribution in [2.45, 2.75) is 62.3 Å². The summed E-state index contributed by atoms with van der Waals surface area (Å²) in [6.07, 6.45) is 0. The quantitative estimate of drug-likeness (QED) is 0.153. The van der Waals surface area contributed by atoms with Crippen molar-refractivity contribution >= 4 is 231 Å². The van der Waals surface area contributed by atoms with E-state index >= 15 is 0 Å². The average molecular weight is 1650 g/mol. The molecule has 6 aliphatic heterocycles. The number of hydrogen-bond acceptors (Lipinski definition) is 6. The van der Waals surface area contributed by atoms with Gasteiger partial charge >= 0.3 is 0 Å². The van der Waals surface area contributed by atoms with Gasteiger partial charge in [-0.15, -0.1) is 0 Å². The van der Waals surface area contributed by atoms with Crippen molar-refractivity contribution in [2.24, 2.45) is 0 Å². The lowest BCUT2D eigenvalue weighted by Gasteiger charge is -2.48. The fourth-order valence-electron chi connectivity index (χ4n) is 24.7. The number of nitrogens with zero attached hydrogens (tertiary/aromatic N) is 8. The van der Waals surface area contributed by atoms with Gasteiger partial charge in [-0.25, -0.2) is 0 Å². The predicted molar refractivity (Wildman–Crippen MR) is 549 cm³/mol. The van der Waals surface area contributed by atoms with E-state index in [4.69, 9.17) is 0 Å². The molecule has 21 aromatic rings. The summed E-state index contributed by atoms with van der Waals surface area (Å²) in [7, 11) is 0. The Morgan fingerprint density at radius 2 is 0.457 bits per heavy atom. The lowest BCUT2D eigenvalue weighted by molar-refractivity contribution is 1.14. The molecule has 0 saturated heterocycles. The summed E-state index contributed by atoms with van der Waals surface area (Å²) in [5, 5.41) is 11.8. The van der Waals surface area contributed by atoms with E-state index in [1.165, 1.54) is 149 Å². The minimum atomic E-state index is -0.361. The number of fused-ring (bicyclic) bond motifs is 21. The fourth-order valence-corrected chi connectivity index (χ4v) is 24.7. The maximum Gasteiger partial charge on any atom is 0.252 e. The molecule has 0 fully saturated rings. The van der Waals surface area contributed by atoms with Gasteiger partial charge in [0.05, 0.1) is 67.2 Å². The third-order valence-electron chi connectivity index (χ3n) is 29.2. The van der Waals surface area contributed by atoms with E-state index in [1.54, 1.807) is 0 Å². The third-order valence-corrected chi connectivity index (χ3v) is 29.2. The van der Waals surface area contributed by atoms with Gasteiger partial charge in [0.2, 0.25) is 0 Å². The number of para-hydroxylation sites is 10. The molecule has 0 atom stereocenters. The summed E-state index contributed by atoms with van der Waals surface area (Å²) in [6.45, 7) is 20.1. The lowest BCUT2D eigenvalue weighted by atomic mass is 9.29.